The molecule has 0 spiro atoms. The fourth-order valence-electron chi connectivity index (χ4n) is 3.20. The lowest BCUT2D eigenvalue weighted by Crippen LogP contribution is -2.57. The van der Waals surface area contributed by atoms with Crippen molar-refractivity contribution in [2.75, 3.05) is 0 Å². The predicted octanol–water partition coefficient (Wildman–Crippen LogP) is 4.90. The molecule has 0 unspecified atom stereocenters. The summed E-state index contributed by atoms with van der Waals surface area (Å²) in [5, 5.41) is 10.8. The van der Waals surface area contributed by atoms with Crippen LogP contribution in [0.5, 0.6) is 5.75 Å². The second-order valence-corrected chi connectivity index (χ2v) is 6.43. The Labute approximate surface area is 163 Å². The molecule has 3 aromatic rings. The number of aromatic hydroxyl groups is 1. The second kappa shape index (κ2) is 6.71. The Morgan fingerprint density at radius 2 is 1.60 bits per heavy atom. The third-order valence-electron chi connectivity index (χ3n) is 4.71. The van der Waals surface area contributed by atoms with Gasteiger partial charge >= 0.3 is 18.0 Å². The number of halogens is 7. The quantitative estimate of drug-likeness (QED) is 0.361. The summed E-state index contributed by atoms with van der Waals surface area (Å²) in [5.41, 5.74) is -3.46. The lowest BCUT2D eigenvalue weighted by Gasteiger charge is -2.27. The highest BCUT2D eigenvalue weighted by molar-refractivity contribution is 6.14. The summed E-state index contributed by atoms with van der Waals surface area (Å²) in [6.07, 6.45) is -6.77. The molecule has 1 N–H and O–H groups in total. The van der Waals surface area contributed by atoms with Crippen LogP contribution in [0, 0.1) is 0 Å². The minimum Gasteiger partial charge on any atom is -0.506 e. The van der Waals surface area contributed by atoms with Crippen molar-refractivity contribution in [3.05, 3.63) is 52.3 Å². The smallest absolute Gasteiger partial charge is 0.460 e. The molecule has 0 aliphatic rings. The van der Waals surface area contributed by atoms with Crippen LogP contribution in [0.15, 0.2) is 41.2 Å². The number of benzene rings is 2. The first kappa shape index (κ1) is 21.6. The van der Waals surface area contributed by atoms with E-state index in [0.717, 1.165) is 4.57 Å². The number of Topliss-reactive ketones (excluding diaryl/α,β-unsaturated/α-hetero) is 1. The van der Waals surface area contributed by atoms with Crippen LogP contribution in [0.4, 0.5) is 30.7 Å². The standard InChI is InChI=1S/C19H12F7NO3/c1-2-27-11-8-7-9-5-3-4-6-10(9)12(11)14(28)13(16(27)30)15(29)17(20,21)18(22,23)19(24,25)26/h3-8,28H,2H2,1H3. The first-order chi connectivity index (χ1) is 13.8. The van der Waals surface area contributed by atoms with Gasteiger partial charge in [0.05, 0.1) is 5.52 Å². The van der Waals surface area contributed by atoms with E-state index in [1.165, 1.54) is 31.2 Å². The van der Waals surface area contributed by atoms with E-state index in [-0.39, 0.29) is 22.8 Å². The van der Waals surface area contributed by atoms with E-state index in [1.807, 2.05) is 0 Å². The van der Waals surface area contributed by atoms with E-state index in [2.05, 4.69) is 0 Å². The van der Waals surface area contributed by atoms with Gasteiger partial charge in [0.25, 0.3) is 5.56 Å². The Morgan fingerprint density at radius 3 is 2.17 bits per heavy atom. The average Bonchev–Trinajstić information content (AvgIpc) is 2.66. The summed E-state index contributed by atoms with van der Waals surface area (Å²) in [6.45, 7) is 1.12. The molecule has 30 heavy (non-hydrogen) atoms. The summed E-state index contributed by atoms with van der Waals surface area (Å²) in [4.78, 5) is 24.7. The third kappa shape index (κ3) is 2.83. The maximum Gasteiger partial charge on any atom is 0.460 e. The maximum atomic E-state index is 14.0. The van der Waals surface area contributed by atoms with Crippen molar-refractivity contribution in [1.29, 1.82) is 0 Å². The highest BCUT2D eigenvalue weighted by atomic mass is 19.4. The number of nitrogens with zero attached hydrogens (tertiary/aromatic N) is 1. The highest BCUT2D eigenvalue weighted by Gasteiger charge is 2.76. The fraction of sp³-hybridized carbons (Fsp3) is 0.263. The van der Waals surface area contributed by atoms with Gasteiger partial charge in [0.1, 0.15) is 11.3 Å². The van der Waals surface area contributed by atoms with E-state index in [1.54, 1.807) is 12.1 Å². The number of fused-ring (bicyclic) bond motifs is 3. The topological polar surface area (TPSA) is 59.3 Å². The fourth-order valence-corrected chi connectivity index (χ4v) is 3.20. The van der Waals surface area contributed by atoms with Gasteiger partial charge in [-0.15, -0.1) is 0 Å². The van der Waals surface area contributed by atoms with E-state index < -0.39 is 40.7 Å². The monoisotopic (exact) mass is 435 g/mol. The minimum absolute atomic E-state index is 0.0128. The molecule has 0 saturated carbocycles. The van der Waals surface area contributed by atoms with Crippen LogP contribution in [0.2, 0.25) is 0 Å². The molecule has 0 aliphatic carbocycles. The number of aromatic nitrogens is 1. The zero-order valence-corrected chi connectivity index (χ0v) is 15.0. The van der Waals surface area contributed by atoms with Crippen LogP contribution in [-0.4, -0.2) is 33.5 Å². The average molecular weight is 435 g/mol. The van der Waals surface area contributed by atoms with Crippen LogP contribution in [0.1, 0.15) is 17.3 Å². The Hall–Kier alpha value is -3.11. The lowest BCUT2D eigenvalue weighted by atomic mass is 9.96. The van der Waals surface area contributed by atoms with E-state index in [9.17, 15) is 45.4 Å². The van der Waals surface area contributed by atoms with E-state index in [4.69, 9.17) is 0 Å². The normalized spacial score (nSPS) is 13.2. The SMILES string of the molecule is CCn1c(=O)c(C(=O)C(F)(F)C(F)(F)C(F)(F)F)c(O)c2c3ccccc3ccc21. The van der Waals surface area contributed by atoms with Crippen LogP contribution in [-0.2, 0) is 6.54 Å². The van der Waals surface area contributed by atoms with Gasteiger partial charge in [0.15, 0.2) is 0 Å². The Balaban J connectivity index is 2.43. The summed E-state index contributed by atoms with van der Waals surface area (Å²) < 4.78 is 92.9. The maximum absolute atomic E-state index is 14.0. The molecule has 0 radical (unpaired) electrons. The number of alkyl halides is 7. The number of hydrogen-bond acceptors (Lipinski definition) is 3. The zero-order chi connectivity index (χ0) is 22.6. The third-order valence-corrected chi connectivity index (χ3v) is 4.71. The number of hydrogen-bond donors (Lipinski definition) is 1. The Morgan fingerprint density at radius 1 is 1.00 bits per heavy atom. The van der Waals surface area contributed by atoms with Crippen LogP contribution in [0.3, 0.4) is 0 Å². The number of aryl methyl sites for hydroxylation is 1. The van der Waals surface area contributed by atoms with Crippen molar-refractivity contribution in [3.8, 4) is 5.75 Å². The molecule has 0 fully saturated rings. The van der Waals surface area contributed by atoms with Crippen LogP contribution >= 0.6 is 0 Å². The second-order valence-electron chi connectivity index (χ2n) is 6.43. The van der Waals surface area contributed by atoms with E-state index in [0.29, 0.717) is 5.39 Å². The molecule has 4 nitrogen and oxygen atoms in total. The van der Waals surface area contributed by atoms with Crippen molar-refractivity contribution in [1.82, 2.24) is 4.57 Å². The molecule has 3 rings (SSSR count). The van der Waals surface area contributed by atoms with Crippen molar-refractivity contribution in [2.45, 2.75) is 31.5 Å². The molecular formula is C19H12F7NO3. The van der Waals surface area contributed by atoms with E-state index >= 15 is 0 Å². The molecule has 160 valence electrons. The molecule has 1 heterocycles. The molecule has 2 aromatic carbocycles. The first-order valence-corrected chi connectivity index (χ1v) is 8.41. The summed E-state index contributed by atoms with van der Waals surface area (Å²) >= 11 is 0. The molecule has 0 saturated heterocycles. The van der Waals surface area contributed by atoms with Gasteiger partial charge in [0, 0.05) is 11.9 Å². The number of carbonyl (C=O) groups excluding carboxylic acids is 1. The van der Waals surface area contributed by atoms with Crippen LogP contribution in [0.25, 0.3) is 21.7 Å². The number of rotatable bonds is 4. The number of pyridine rings is 1. The molecule has 1 aromatic heterocycles. The molecule has 11 heteroatoms. The van der Waals surface area contributed by atoms with Gasteiger partial charge in [0.2, 0.25) is 5.78 Å². The molecule has 0 bridgehead atoms. The van der Waals surface area contributed by atoms with Crippen LogP contribution < -0.4 is 5.56 Å². The molecule has 0 amide bonds. The van der Waals surface area contributed by atoms with Gasteiger partial charge in [-0.2, -0.15) is 30.7 Å². The summed E-state index contributed by atoms with van der Waals surface area (Å²) in [7, 11) is 0. The predicted molar refractivity (Wildman–Crippen MR) is 93.3 cm³/mol. The number of carbonyl (C=O) groups is 1. The first-order valence-electron chi connectivity index (χ1n) is 8.41. The minimum atomic E-state index is -6.77. The molecular weight excluding hydrogens is 423 g/mol. The van der Waals surface area contributed by atoms with Gasteiger partial charge in [-0.05, 0) is 23.8 Å². The van der Waals surface area contributed by atoms with Crippen molar-refractivity contribution in [3.63, 3.8) is 0 Å². The number of ketones is 1. The highest BCUT2D eigenvalue weighted by Crippen LogP contribution is 2.48. The Kier molecular flexibility index (Phi) is 4.83. The van der Waals surface area contributed by atoms with Gasteiger partial charge < -0.3 is 9.67 Å². The van der Waals surface area contributed by atoms with Gasteiger partial charge in [-0.3, -0.25) is 9.59 Å². The van der Waals surface area contributed by atoms with Crippen molar-refractivity contribution >= 4 is 27.5 Å². The van der Waals surface area contributed by atoms with Crippen molar-refractivity contribution in [2.24, 2.45) is 0 Å². The molecule has 0 aliphatic heterocycles. The summed E-state index contributed by atoms with van der Waals surface area (Å²) in [5.74, 6) is -17.6. The van der Waals surface area contributed by atoms with Gasteiger partial charge in [-0.1, -0.05) is 30.3 Å². The van der Waals surface area contributed by atoms with Crippen molar-refractivity contribution < 1.29 is 40.6 Å². The lowest BCUT2D eigenvalue weighted by molar-refractivity contribution is -0.339. The molecule has 0 atom stereocenters. The zero-order valence-electron chi connectivity index (χ0n) is 15.0. The largest absolute Gasteiger partial charge is 0.506 e. The summed E-state index contributed by atoms with van der Waals surface area (Å²) in [6, 6.07) is 8.87. The Bertz CT molecular complexity index is 1230. The van der Waals surface area contributed by atoms with Gasteiger partial charge in [-0.25, -0.2) is 0 Å².